The second-order valence-electron chi connectivity index (χ2n) is 5.47. The van der Waals surface area contributed by atoms with Gasteiger partial charge in [0.2, 0.25) is 0 Å². The average Bonchev–Trinajstić information content (AvgIpc) is 2.37. The first-order chi connectivity index (χ1) is 8.63. The van der Waals surface area contributed by atoms with Gasteiger partial charge < -0.3 is 5.73 Å². The van der Waals surface area contributed by atoms with Gasteiger partial charge in [0.15, 0.2) is 0 Å². The maximum Gasteiger partial charge on any atom is 0.0409 e. The van der Waals surface area contributed by atoms with Crippen molar-refractivity contribution in [1.82, 2.24) is 4.90 Å². The number of nitrogens with two attached hydrogens (primary N) is 1. The number of nitrogens with zero attached hydrogens (tertiary/aromatic N) is 1. The Labute approximate surface area is 115 Å². The van der Waals surface area contributed by atoms with E-state index in [2.05, 4.69) is 30.9 Å². The summed E-state index contributed by atoms with van der Waals surface area (Å²) in [5.74, 6) is 0.541. The summed E-state index contributed by atoms with van der Waals surface area (Å²) in [6.45, 7) is 6.43. The molecule has 0 saturated carbocycles. The summed E-state index contributed by atoms with van der Waals surface area (Å²) in [6.07, 6.45) is 2.47. The summed E-state index contributed by atoms with van der Waals surface area (Å²) in [5, 5.41) is 0.817. The number of likely N-dealkylation sites (tertiary alicyclic amines) is 1. The zero-order valence-electron chi connectivity index (χ0n) is 11.3. The minimum absolute atomic E-state index is 0.419. The minimum atomic E-state index is 0.419. The van der Waals surface area contributed by atoms with Crippen LogP contribution < -0.4 is 5.73 Å². The van der Waals surface area contributed by atoms with Crippen molar-refractivity contribution in [3.8, 4) is 0 Å². The molecule has 1 aliphatic rings. The van der Waals surface area contributed by atoms with E-state index in [1.807, 2.05) is 12.1 Å². The monoisotopic (exact) mass is 266 g/mol. The zero-order valence-corrected chi connectivity index (χ0v) is 12.0. The minimum Gasteiger partial charge on any atom is -0.330 e. The molecular formula is C15H23ClN2. The number of hydrogen-bond donors (Lipinski definition) is 1. The lowest BCUT2D eigenvalue weighted by Gasteiger charge is -2.43. The Morgan fingerprint density at radius 2 is 2.22 bits per heavy atom. The van der Waals surface area contributed by atoms with Gasteiger partial charge in [0.1, 0.15) is 0 Å². The standard InChI is InChI=1S/C15H23ClN2/c1-11(2)18-8-4-6-13(10-17)15(18)12-5-3-7-14(16)9-12/h3,5,7,9,11,13,15H,4,6,8,10,17H2,1-2H3. The van der Waals surface area contributed by atoms with E-state index >= 15 is 0 Å². The number of halogens is 1. The number of hydrogen-bond acceptors (Lipinski definition) is 2. The van der Waals surface area contributed by atoms with Crippen LogP contribution in [0.2, 0.25) is 5.02 Å². The largest absolute Gasteiger partial charge is 0.330 e. The van der Waals surface area contributed by atoms with Crippen LogP contribution in [-0.4, -0.2) is 24.0 Å². The van der Waals surface area contributed by atoms with Gasteiger partial charge in [0.25, 0.3) is 0 Å². The Balaban J connectivity index is 2.33. The van der Waals surface area contributed by atoms with Crippen LogP contribution in [0, 0.1) is 5.92 Å². The molecule has 1 aromatic carbocycles. The highest BCUT2D eigenvalue weighted by Gasteiger charge is 2.33. The van der Waals surface area contributed by atoms with Crippen molar-refractivity contribution in [2.45, 2.75) is 38.8 Å². The smallest absolute Gasteiger partial charge is 0.0409 e. The maximum atomic E-state index is 6.13. The fourth-order valence-corrected chi connectivity index (χ4v) is 3.28. The Morgan fingerprint density at radius 1 is 1.44 bits per heavy atom. The summed E-state index contributed by atoms with van der Waals surface area (Å²) < 4.78 is 0. The molecular weight excluding hydrogens is 244 g/mol. The predicted octanol–water partition coefficient (Wildman–Crippen LogP) is 3.46. The lowest BCUT2D eigenvalue weighted by molar-refractivity contribution is 0.0665. The van der Waals surface area contributed by atoms with Crippen LogP contribution in [0.3, 0.4) is 0 Å². The summed E-state index contributed by atoms with van der Waals surface area (Å²) in [6, 6.07) is 9.21. The third-order valence-electron chi connectivity index (χ3n) is 3.95. The second-order valence-corrected chi connectivity index (χ2v) is 5.91. The van der Waals surface area contributed by atoms with Crippen LogP contribution in [0.15, 0.2) is 24.3 Å². The van der Waals surface area contributed by atoms with E-state index in [-0.39, 0.29) is 0 Å². The topological polar surface area (TPSA) is 29.3 Å². The molecule has 0 aromatic heterocycles. The third kappa shape index (κ3) is 2.87. The Kier molecular flexibility index (Phi) is 4.66. The summed E-state index contributed by atoms with van der Waals surface area (Å²) >= 11 is 6.13. The Hall–Kier alpha value is -0.570. The van der Waals surface area contributed by atoms with Crippen molar-refractivity contribution >= 4 is 11.6 Å². The fourth-order valence-electron chi connectivity index (χ4n) is 3.08. The molecule has 3 heteroatoms. The number of benzene rings is 1. The molecule has 0 bridgehead atoms. The fraction of sp³-hybridized carbons (Fsp3) is 0.600. The van der Waals surface area contributed by atoms with Crippen LogP contribution in [0.5, 0.6) is 0 Å². The van der Waals surface area contributed by atoms with Gasteiger partial charge in [0, 0.05) is 17.1 Å². The first-order valence-corrected chi connectivity index (χ1v) is 7.22. The van der Waals surface area contributed by atoms with Crippen molar-refractivity contribution in [2.75, 3.05) is 13.1 Å². The molecule has 2 atom stereocenters. The average molecular weight is 267 g/mol. The van der Waals surface area contributed by atoms with Gasteiger partial charge in [0.05, 0.1) is 0 Å². The second kappa shape index (κ2) is 6.05. The molecule has 1 aromatic rings. The lowest BCUT2D eigenvalue weighted by atomic mass is 9.84. The van der Waals surface area contributed by atoms with Crippen molar-refractivity contribution in [1.29, 1.82) is 0 Å². The van der Waals surface area contributed by atoms with E-state index in [4.69, 9.17) is 17.3 Å². The Morgan fingerprint density at radius 3 is 2.83 bits per heavy atom. The highest BCUT2D eigenvalue weighted by molar-refractivity contribution is 6.30. The van der Waals surface area contributed by atoms with E-state index in [1.54, 1.807) is 0 Å². The van der Waals surface area contributed by atoms with E-state index in [1.165, 1.54) is 18.4 Å². The van der Waals surface area contributed by atoms with Gasteiger partial charge >= 0.3 is 0 Å². The van der Waals surface area contributed by atoms with Gasteiger partial charge in [-0.2, -0.15) is 0 Å². The summed E-state index contributed by atoms with van der Waals surface area (Å²) in [5.41, 5.74) is 7.28. The van der Waals surface area contributed by atoms with E-state index < -0.39 is 0 Å². The highest BCUT2D eigenvalue weighted by Crippen LogP contribution is 2.37. The number of rotatable bonds is 3. The molecule has 0 aliphatic carbocycles. The molecule has 0 radical (unpaired) electrons. The molecule has 0 spiro atoms. The molecule has 2 unspecified atom stereocenters. The molecule has 2 N–H and O–H groups in total. The van der Waals surface area contributed by atoms with Crippen LogP contribution >= 0.6 is 11.6 Å². The molecule has 2 rings (SSSR count). The van der Waals surface area contributed by atoms with Gasteiger partial charge in [-0.1, -0.05) is 23.7 Å². The van der Waals surface area contributed by atoms with Gasteiger partial charge in [-0.25, -0.2) is 0 Å². The summed E-state index contributed by atoms with van der Waals surface area (Å²) in [4.78, 5) is 2.56. The van der Waals surface area contributed by atoms with Gasteiger partial charge in [-0.15, -0.1) is 0 Å². The van der Waals surface area contributed by atoms with Crippen LogP contribution in [0.25, 0.3) is 0 Å². The van der Waals surface area contributed by atoms with Crippen molar-refractivity contribution in [3.05, 3.63) is 34.9 Å². The molecule has 0 amide bonds. The Bertz CT molecular complexity index is 392. The number of piperidine rings is 1. The zero-order chi connectivity index (χ0) is 13.1. The molecule has 1 heterocycles. The van der Waals surface area contributed by atoms with Gasteiger partial charge in [-0.3, -0.25) is 4.90 Å². The van der Waals surface area contributed by atoms with Crippen LogP contribution in [0.4, 0.5) is 0 Å². The lowest BCUT2D eigenvalue weighted by Crippen LogP contribution is -2.44. The quantitative estimate of drug-likeness (QED) is 0.908. The normalized spacial score (nSPS) is 25.6. The molecule has 100 valence electrons. The van der Waals surface area contributed by atoms with E-state index in [0.29, 0.717) is 18.0 Å². The van der Waals surface area contributed by atoms with E-state index in [0.717, 1.165) is 18.1 Å². The van der Waals surface area contributed by atoms with Crippen molar-refractivity contribution in [3.63, 3.8) is 0 Å². The maximum absolute atomic E-state index is 6.13. The SMILES string of the molecule is CC(C)N1CCCC(CN)C1c1cccc(Cl)c1. The molecule has 18 heavy (non-hydrogen) atoms. The predicted molar refractivity (Wildman–Crippen MR) is 77.8 cm³/mol. The van der Waals surface area contributed by atoms with Crippen molar-refractivity contribution < 1.29 is 0 Å². The van der Waals surface area contributed by atoms with Crippen LogP contribution in [-0.2, 0) is 0 Å². The first-order valence-electron chi connectivity index (χ1n) is 6.84. The first kappa shape index (κ1) is 13.9. The molecule has 1 fully saturated rings. The van der Waals surface area contributed by atoms with Gasteiger partial charge in [-0.05, 0) is 63.4 Å². The molecule has 1 aliphatic heterocycles. The van der Waals surface area contributed by atoms with Crippen LogP contribution in [0.1, 0.15) is 38.3 Å². The molecule has 2 nitrogen and oxygen atoms in total. The highest BCUT2D eigenvalue weighted by atomic mass is 35.5. The summed E-state index contributed by atoms with van der Waals surface area (Å²) in [7, 11) is 0. The van der Waals surface area contributed by atoms with E-state index in [9.17, 15) is 0 Å². The van der Waals surface area contributed by atoms with Crippen molar-refractivity contribution in [2.24, 2.45) is 11.7 Å². The third-order valence-corrected chi connectivity index (χ3v) is 4.19. The molecule has 1 saturated heterocycles.